The lowest BCUT2D eigenvalue weighted by Gasteiger charge is -2.23. The first-order chi connectivity index (χ1) is 6.06. The van der Waals surface area contributed by atoms with E-state index in [-0.39, 0.29) is 0 Å². The Morgan fingerprint density at radius 3 is 2.77 bits per heavy atom. The maximum atomic E-state index is 11.0. The van der Waals surface area contributed by atoms with Crippen LogP contribution >= 0.6 is 23.2 Å². The van der Waals surface area contributed by atoms with E-state index in [1.165, 1.54) is 0 Å². The van der Waals surface area contributed by atoms with E-state index >= 15 is 0 Å². The first kappa shape index (κ1) is 10.6. The maximum absolute atomic E-state index is 11.0. The quantitative estimate of drug-likeness (QED) is 0.666. The Hall–Kier alpha value is -0.470. The van der Waals surface area contributed by atoms with E-state index < -0.39 is 5.24 Å². The summed E-state index contributed by atoms with van der Waals surface area (Å²) in [7, 11) is 1.89. The van der Waals surface area contributed by atoms with Crippen molar-refractivity contribution < 1.29 is 4.79 Å². The summed E-state index contributed by atoms with van der Waals surface area (Å²) in [5, 5.41) is 0.0168. The zero-order valence-electron chi connectivity index (χ0n) is 7.60. The Morgan fingerprint density at radius 2 is 2.31 bits per heavy atom. The third-order valence-electron chi connectivity index (χ3n) is 1.98. The SMILES string of the molecule is CCC1=C(Cl)C(C(=O)Cl)=CN(C)C1. The fourth-order valence-corrected chi connectivity index (χ4v) is 1.81. The summed E-state index contributed by atoms with van der Waals surface area (Å²) in [4.78, 5) is 12.9. The molecule has 0 unspecified atom stereocenters. The minimum Gasteiger partial charge on any atom is -0.376 e. The smallest absolute Gasteiger partial charge is 0.255 e. The summed E-state index contributed by atoms with van der Waals surface area (Å²) in [6.45, 7) is 2.77. The number of carbonyl (C=O) groups excluding carboxylic acids is 1. The van der Waals surface area contributed by atoms with Crippen molar-refractivity contribution in [3.8, 4) is 0 Å². The largest absolute Gasteiger partial charge is 0.376 e. The highest BCUT2D eigenvalue weighted by molar-refractivity contribution is 6.69. The summed E-state index contributed by atoms with van der Waals surface area (Å²) in [5.74, 6) is 0. The van der Waals surface area contributed by atoms with Gasteiger partial charge in [0.15, 0.2) is 0 Å². The lowest BCUT2D eigenvalue weighted by Crippen LogP contribution is -2.21. The van der Waals surface area contributed by atoms with Gasteiger partial charge in [0.05, 0.1) is 10.6 Å². The van der Waals surface area contributed by atoms with E-state index in [1.807, 2.05) is 18.9 Å². The lowest BCUT2D eigenvalue weighted by atomic mass is 10.1. The standard InChI is InChI=1S/C9H11Cl2NO/c1-3-6-4-12(2)5-7(8(6)10)9(11)13/h5H,3-4H2,1-2H3. The van der Waals surface area contributed by atoms with E-state index in [4.69, 9.17) is 23.2 Å². The molecule has 13 heavy (non-hydrogen) atoms. The molecule has 4 heteroatoms. The van der Waals surface area contributed by atoms with Crippen LogP contribution in [0.1, 0.15) is 13.3 Å². The molecule has 72 valence electrons. The van der Waals surface area contributed by atoms with E-state index in [0.29, 0.717) is 10.6 Å². The second-order valence-electron chi connectivity index (χ2n) is 3.00. The van der Waals surface area contributed by atoms with E-state index in [9.17, 15) is 4.79 Å². The van der Waals surface area contributed by atoms with E-state index in [0.717, 1.165) is 18.5 Å². The first-order valence-electron chi connectivity index (χ1n) is 4.06. The average molecular weight is 220 g/mol. The molecule has 0 aromatic carbocycles. The molecule has 1 aliphatic rings. The summed E-state index contributed by atoms with van der Waals surface area (Å²) < 4.78 is 0. The summed E-state index contributed by atoms with van der Waals surface area (Å²) >= 11 is 11.4. The van der Waals surface area contributed by atoms with Gasteiger partial charge in [0.25, 0.3) is 5.24 Å². The highest BCUT2D eigenvalue weighted by atomic mass is 35.5. The molecule has 0 bridgehead atoms. The number of likely N-dealkylation sites (N-methyl/N-ethyl adjacent to an activating group) is 1. The fourth-order valence-electron chi connectivity index (χ4n) is 1.29. The molecule has 0 aromatic rings. The topological polar surface area (TPSA) is 20.3 Å². The Morgan fingerprint density at radius 1 is 1.69 bits per heavy atom. The van der Waals surface area contributed by atoms with Crippen LogP contribution in [0.2, 0.25) is 0 Å². The number of nitrogens with zero attached hydrogens (tertiary/aromatic N) is 1. The Bertz CT molecular complexity index is 294. The van der Waals surface area contributed by atoms with Crippen molar-refractivity contribution in [2.75, 3.05) is 13.6 Å². The molecule has 0 atom stereocenters. The van der Waals surface area contributed by atoms with Gasteiger partial charge in [0.1, 0.15) is 0 Å². The van der Waals surface area contributed by atoms with Gasteiger partial charge in [-0.3, -0.25) is 4.79 Å². The summed E-state index contributed by atoms with van der Waals surface area (Å²) in [6.07, 6.45) is 2.52. The first-order valence-corrected chi connectivity index (χ1v) is 4.81. The number of carbonyl (C=O) groups is 1. The molecule has 0 aliphatic carbocycles. The third-order valence-corrected chi connectivity index (χ3v) is 2.65. The van der Waals surface area contributed by atoms with Gasteiger partial charge in [-0.15, -0.1) is 0 Å². The number of halogens is 2. The zero-order chi connectivity index (χ0) is 10.0. The molecule has 1 rings (SSSR count). The van der Waals surface area contributed by atoms with Crippen LogP contribution in [0.25, 0.3) is 0 Å². The van der Waals surface area contributed by atoms with Crippen LogP contribution in [-0.4, -0.2) is 23.7 Å². The number of rotatable bonds is 2. The van der Waals surface area contributed by atoms with Gasteiger partial charge in [0, 0.05) is 19.8 Å². The molecule has 0 fully saturated rings. The van der Waals surface area contributed by atoms with Crippen molar-refractivity contribution in [2.24, 2.45) is 0 Å². The molecule has 0 saturated carbocycles. The zero-order valence-corrected chi connectivity index (χ0v) is 9.11. The molecule has 1 aliphatic heterocycles. The summed E-state index contributed by atoms with van der Waals surface area (Å²) in [5.41, 5.74) is 1.45. The van der Waals surface area contributed by atoms with Crippen LogP contribution in [0.4, 0.5) is 0 Å². The predicted octanol–water partition coefficient (Wildman–Crippen LogP) is 2.48. The van der Waals surface area contributed by atoms with Crippen LogP contribution in [0.5, 0.6) is 0 Å². The van der Waals surface area contributed by atoms with Gasteiger partial charge in [-0.2, -0.15) is 0 Å². The highest BCUT2D eigenvalue weighted by Crippen LogP contribution is 2.28. The number of hydrogen-bond donors (Lipinski definition) is 0. The molecule has 0 aromatic heterocycles. The average Bonchev–Trinajstić information content (AvgIpc) is 2.08. The van der Waals surface area contributed by atoms with Crippen LogP contribution < -0.4 is 0 Å². The molecule has 0 N–H and O–H groups in total. The van der Waals surface area contributed by atoms with Gasteiger partial charge in [-0.1, -0.05) is 18.5 Å². The monoisotopic (exact) mass is 219 g/mol. The lowest BCUT2D eigenvalue weighted by molar-refractivity contribution is -0.108. The Balaban J connectivity index is 3.05. The van der Waals surface area contributed by atoms with Crippen molar-refractivity contribution in [1.82, 2.24) is 4.90 Å². The van der Waals surface area contributed by atoms with Gasteiger partial charge in [0.2, 0.25) is 0 Å². The van der Waals surface area contributed by atoms with Crippen molar-refractivity contribution in [3.63, 3.8) is 0 Å². The van der Waals surface area contributed by atoms with Gasteiger partial charge in [-0.25, -0.2) is 0 Å². The number of hydrogen-bond acceptors (Lipinski definition) is 2. The van der Waals surface area contributed by atoms with E-state index in [1.54, 1.807) is 6.20 Å². The summed E-state index contributed by atoms with van der Waals surface area (Å²) in [6, 6.07) is 0. The molecule has 0 saturated heterocycles. The molecular formula is C9H11Cl2NO. The van der Waals surface area contributed by atoms with Crippen molar-refractivity contribution in [2.45, 2.75) is 13.3 Å². The Kier molecular flexibility index (Phi) is 3.40. The number of allylic oxidation sites excluding steroid dienone is 2. The van der Waals surface area contributed by atoms with Crippen LogP contribution in [0.15, 0.2) is 22.4 Å². The molecule has 0 radical (unpaired) electrons. The van der Waals surface area contributed by atoms with Crippen molar-refractivity contribution >= 4 is 28.4 Å². The Labute approximate surface area is 87.8 Å². The van der Waals surface area contributed by atoms with Gasteiger partial charge >= 0.3 is 0 Å². The minimum atomic E-state index is -0.498. The third kappa shape index (κ3) is 2.26. The molecule has 2 nitrogen and oxygen atoms in total. The maximum Gasteiger partial charge on any atom is 0.255 e. The van der Waals surface area contributed by atoms with Crippen LogP contribution in [0.3, 0.4) is 0 Å². The van der Waals surface area contributed by atoms with Gasteiger partial charge < -0.3 is 4.90 Å². The molecule has 1 heterocycles. The second kappa shape index (κ2) is 4.16. The normalized spacial score (nSPS) is 17.5. The molecule has 0 spiro atoms. The minimum absolute atomic E-state index is 0.397. The van der Waals surface area contributed by atoms with Crippen molar-refractivity contribution in [1.29, 1.82) is 0 Å². The molecule has 0 amide bonds. The predicted molar refractivity (Wildman–Crippen MR) is 54.7 cm³/mol. The fraction of sp³-hybridized carbons (Fsp3) is 0.444. The van der Waals surface area contributed by atoms with Crippen LogP contribution in [-0.2, 0) is 4.79 Å². The van der Waals surface area contributed by atoms with E-state index in [2.05, 4.69) is 0 Å². The second-order valence-corrected chi connectivity index (χ2v) is 3.72. The highest BCUT2D eigenvalue weighted by Gasteiger charge is 2.19. The molecular weight excluding hydrogens is 209 g/mol. The van der Waals surface area contributed by atoms with Gasteiger partial charge in [-0.05, 0) is 23.6 Å². The van der Waals surface area contributed by atoms with Crippen LogP contribution in [0, 0.1) is 0 Å². The van der Waals surface area contributed by atoms with Crippen molar-refractivity contribution in [3.05, 3.63) is 22.4 Å².